The van der Waals surface area contributed by atoms with Crippen LogP contribution in [0, 0.1) is 0 Å². The van der Waals surface area contributed by atoms with E-state index in [2.05, 4.69) is 5.32 Å². The highest BCUT2D eigenvalue weighted by molar-refractivity contribution is 6.06. The van der Waals surface area contributed by atoms with Gasteiger partial charge in [-0.25, -0.2) is 4.79 Å². The fraction of sp³-hybridized carbons (Fsp3) is 0.294. The molecule has 0 saturated carbocycles. The van der Waals surface area contributed by atoms with Gasteiger partial charge < -0.3 is 20.1 Å². The molecule has 130 valence electrons. The quantitative estimate of drug-likeness (QED) is 0.612. The molecule has 1 aromatic heterocycles. The Balaban J connectivity index is 1.61. The van der Waals surface area contributed by atoms with Crippen molar-refractivity contribution in [3.63, 3.8) is 0 Å². The summed E-state index contributed by atoms with van der Waals surface area (Å²) < 4.78 is 1.79. The molecule has 3 N–H and O–H groups in total. The topological polar surface area (TPSA) is 126 Å². The summed E-state index contributed by atoms with van der Waals surface area (Å²) in [5, 5.41) is 20.8. The lowest BCUT2D eigenvalue weighted by molar-refractivity contribution is -0.143. The average Bonchev–Trinajstić information content (AvgIpc) is 3.04. The molecule has 4 rings (SSSR count). The summed E-state index contributed by atoms with van der Waals surface area (Å²) in [7, 11) is 0. The van der Waals surface area contributed by atoms with Gasteiger partial charge in [0.25, 0.3) is 0 Å². The molecule has 0 aliphatic carbocycles. The molecule has 2 aliphatic rings. The molecule has 0 fully saturated rings. The van der Waals surface area contributed by atoms with Gasteiger partial charge in [0.2, 0.25) is 5.91 Å². The zero-order chi connectivity index (χ0) is 18.1. The number of para-hydroxylation sites is 1. The first-order valence-electron chi connectivity index (χ1n) is 7.74. The van der Waals surface area contributed by atoms with Gasteiger partial charge in [-0.1, -0.05) is 18.2 Å². The minimum atomic E-state index is -1.33. The van der Waals surface area contributed by atoms with Crippen LogP contribution in [0.1, 0.15) is 30.9 Å². The third kappa shape index (κ3) is 3.10. The van der Waals surface area contributed by atoms with Gasteiger partial charge in [0.05, 0.1) is 6.42 Å². The zero-order valence-electron chi connectivity index (χ0n) is 13.1. The number of aliphatic carboxylic acids is 2. The Morgan fingerprint density at radius 2 is 1.88 bits per heavy atom. The van der Waals surface area contributed by atoms with E-state index < -0.39 is 36.4 Å². The molecule has 2 unspecified atom stereocenters. The van der Waals surface area contributed by atoms with Gasteiger partial charge in [-0.15, -0.1) is 0 Å². The fourth-order valence-corrected chi connectivity index (χ4v) is 3.09. The van der Waals surface area contributed by atoms with Gasteiger partial charge in [-0.2, -0.15) is 0 Å². The second kappa shape index (κ2) is 6.39. The van der Waals surface area contributed by atoms with Crippen LogP contribution in [0.3, 0.4) is 0 Å². The summed E-state index contributed by atoms with van der Waals surface area (Å²) in [6.07, 6.45) is 0.766. The van der Waals surface area contributed by atoms with Gasteiger partial charge in [0.15, 0.2) is 5.78 Å². The van der Waals surface area contributed by atoms with Crippen LogP contribution in [-0.4, -0.2) is 44.5 Å². The number of carbonyl (C=O) groups is 4. The molecule has 2 atom stereocenters. The van der Waals surface area contributed by atoms with Crippen molar-refractivity contribution in [3.8, 4) is 0 Å². The highest BCUT2D eigenvalue weighted by atomic mass is 16.4. The number of nitrogens with one attached hydrogen (secondary N) is 1. The van der Waals surface area contributed by atoms with Crippen LogP contribution in [0.15, 0.2) is 30.5 Å². The molecule has 2 bridgehead atoms. The molecule has 2 aliphatic heterocycles. The Morgan fingerprint density at radius 3 is 2.52 bits per heavy atom. The van der Waals surface area contributed by atoms with E-state index in [1.165, 1.54) is 0 Å². The summed E-state index contributed by atoms with van der Waals surface area (Å²) in [6.45, 7) is 0. The van der Waals surface area contributed by atoms with Crippen LogP contribution < -0.4 is 5.32 Å². The Bertz CT molecular complexity index is 846. The summed E-state index contributed by atoms with van der Waals surface area (Å²) >= 11 is 0. The van der Waals surface area contributed by atoms with E-state index in [4.69, 9.17) is 10.2 Å². The van der Waals surface area contributed by atoms with E-state index in [0.717, 1.165) is 16.5 Å². The summed E-state index contributed by atoms with van der Waals surface area (Å²) in [5.41, 5.74) is 1.77. The van der Waals surface area contributed by atoms with Crippen LogP contribution in [-0.2, 0) is 19.2 Å². The maximum absolute atomic E-state index is 12.4. The van der Waals surface area contributed by atoms with Crippen molar-refractivity contribution < 1.29 is 29.4 Å². The number of carbonyl (C=O) groups excluding carboxylic acids is 2. The van der Waals surface area contributed by atoms with E-state index in [0.29, 0.717) is 0 Å². The SMILES string of the molecule is O=C(O)CCC(NC(=O)CC(=O)C1c2cn1c1ccccc21)C(=O)O. The number of carboxylic acids is 2. The lowest BCUT2D eigenvalue weighted by Crippen LogP contribution is -2.42. The Labute approximate surface area is 142 Å². The van der Waals surface area contributed by atoms with Crippen molar-refractivity contribution >= 4 is 34.5 Å². The van der Waals surface area contributed by atoms with E-state index in [1.54, 1.807) is 4.57 Å². The Hall–Kier alpha value is -3.16. The van der Waals surface area contributed by atoms with Crippen LogP contribution in [0.25, 0.3) is 10.9 Å². The molecule has 1 amide bonds. The minimum absolute atomic E-state index is 0.239. The van der Waals surface area contributed by atoms with Crippen molar-refractivity contribution in [1.29, 1.82) is 0 Å². The lowest BCUT2D eigenvalue weighted by atomic mass is 9.98. The first-order valence-corrected chi connectivity index (χ1v) is 7.74. The smallest absolute Gasteiger partial charge is 0.326 e. The summed E-state index contributed by atoms with van der Waals surface area (Å²) in [6, 6.07) is 5.69. The number of hydrogen-bond acceptors (Lipinski definition) is 4. The number of benzene rings is 1. The number of aromatic nitrogens is 1. The second-order valence-corrected chi connectivity index (χ2v) is 5.95. The molecule has 25 heavy (non-hydrogen) atoms. The van der Waals surface area contributed by atoms with Gasteiger partial charge >= 0.3 is 11.9 Å². The monoisotopic (exact) mass is 344 g/mol. The van der Waals surface area contributed by atoms with E-state index in [-0.39, 0.29) is 18.6 Å². The highest BCUT2D eigenvalue weighted by Crippen LogP contribution is 2.41. The van der Waals surface area contributed by atoms with Crippen molar-refractivity contribution in [2.45, 2.75) is 31.3 Å². The molecule has 1 aromatic carbocycles. The zero-order valence-corrected chi connectivity index (χ0v) is 13.1. The maximum Gasteiger partial charge on any atom is 0.326 e. The molecule has 8 nitrogen and oxygen atoms in total. The molecule has 8 heteroatoms. The number of amides is 1. The number of nitrogens with zero attached hydrogens (tertiary/aromatic N) is 1. The lowest BCUT2D eigenvalue weighted by Gasteiger charge is -2.22. The van der Waals surface area contributed by atoms with Crippen molar-refractivity contribution in [3.05, 3.63) is 36.0 Å². The molecule has 0 radical (unpaired) electrons. The van der Waals surface area contributed by atoms with Gasteiger partial charge in [-0.3, -0.25) is 14.4 Å². The number of rotatable bonds is 8. The van der Waals surface area contributed by atoms with Crippen molar-refractivity contribution in [1.82, 2.24) is 9.88 Å². The maximum atomic E-state index is 12.4. The molecule has 0 saturated heterocycles. The molecular weight excluding hydrogens is 328 g/mol. The van der Waals surface area contributed by atoms with Crippen molar-refractivity contribution in [2.75, 3.05) is 0 Å². The molecule has 3 heterocycles. The fourth-order valence-electron chi connectivity index (χ4n) is 3.09. The number of ketones is 1. The second-order valence-electron chi connectivity index (χ2n) is 5.95. The standard InChI is InChI=1S/C17H16N2O6/c20-13(7-14(21)18-11(17(24)25)5-6-15(22)23)16-10-8-19(16)12-4-2-1-3-9(10)12/h1-4,8,11,16H,5-7H2,(H,18,21)(H,22,23)(H,24,25). The van der Waals surface area contributed by atoms with Crippen LogP contribution in [0.2, 0.25) is 0 Å². The number of hydrogen-bond donors (Lipinski definition) is 3. The number of carboxylic acid groups (broad SMARTS) is 2. The third-order valence-electron chi connectivity index (χ3n) is 4.26. The molecule has 0 spiro atoms. The van der Waals surface area contributed by atoms with E-state index in [9.17, 15) is 19.2 Å². The first kappa shape index (κ1) is 16.7. The summed E-state index contributed by atoms with van der Waals surface area (Å²) in [4.78, 5) is 46.0. The van der Waals surface area contributed by atoms with Crippen molar-refractivity contribution in [2.24, 2.45) is 0 Å². The Kier molecular flexibility index (Phi) is 4.26. The number of Topliss-reactive ketones (excluding diaryl/α,β-unsaturated/α-hetero) is 1. The van der Waals surface area contributed by atoms with Gasteiger partial charge in [-0.05, 0) is 12.5 Å². The average molecular weight is 344 g/mol. The summed E-state index contributed by atoms with van der Waals surface area (Å²) in [5.74, 6) is -3.53. The van der Waals surface area contributed by atoms with Gasteiger partial charge in [0, 0.05) is 29.1 Å². The molecular formula is C17H16N2O6. The largest absolute Gasteiger partial charge is 0.481 e. The normalized spacial score (nSPS) is 16.1. The van der Waals surface area contributed by atoms with Crippen LogP contribution >= 0.6 is 0 Å². The predicted molar refractivity (Wildman–Crippen MR) is 86.1 cm³/mol. The first-order chi connectivity index (χ1) is 11.9. The minimum Gasteiger partial charge on any atom is -0.481 e. The third-order valence-corrected chi connectivity index (χ3v) is 4.26. The predicted octanol–water partition coefficient (Wildman–Crippen LogP) is 0.937. The Morgan fingerprint density at radius 1 is 1.16 bits per heavy atom. The highest BCUT2D eigenvalue weighted by Gasteiger charge is 2.36. The van der Waals surface area contributed by atoms with E-state index >= 15 is 0 Å². The van der Waals surface area contributed by atoms with Gasteiger partial charge in [0.1, 0.15) is 12.1 Å². The van der Waals surface area contributed by atoms with Crippen LogP contribution in [0.5, 0.6) is 0 Å². The van der Waals surface area contributed by atoms with Crippen LogP contribution in [0.4, 0.5) is 0 Å². The van der Waals surface area contributed by atoms with E-state index in [1.807, 2.05) is 30.5 Å². The molecule has 2 aromatic rings.